The molecule has 0 bridgehead atoms. The number of nitrogens with zero attached hydrogens (tertiary/aromatic N) is 3. The van der Waals surface area contributed by atoms with Gasteiger partial charge in [-0.3, -0.25) is 9.78 Å². The van der Waals surface area contributed by atoms with E-state index in [-0.39, 0.29) is 23.0 Å². The minimum atomic E-state index is -3.67. The minimum Gasteiger partial charge on any atom is -0.393 e. The molecule has 8 nitrogen and oxygen atoms in total. The van der Waals surface area contributed by atoms with Crippen LogP contribution in [0.25, 0.3) is 0 Å². The number of aliphatic hydroxyl groups excluding tert-OH is 1. The lowest BCUT2D eigenvalue weighted by atomic mass is 10.00. The van der Waals surface area contributed by atoms with Crippen molar-refractivity contribution < 1.29 is 18.3 Å². The fourth-order valence-electron chi connectivity index (χ4n) is 2.93. The van der Waals surface area contributed by atoms with Crippen LogP contribution in [-0.2, 0) is 23.0 Å². The van der Waals surface area contributed by atoms with Gasteiger partial charge in [-0.1, -0.05) is 6.07 Å². The molecule has 2 heterocycles. The monoisotopic (exact) mass is 390 g/mol. The van der Waals surface area contributed by atoms with Gasteiger partial charge >= 0.3 is 0 Å². The summed E-state index contributed by atoms with van der Waals surface area (Å²) in [7, 11) is -3.67. The van der Waals surface area contributed by atoms with Crippen molar-refractivity contribution >= 4 is 15.9 Å². The van der Waals surface area contributed by atoms with Crippen molar-refractivity contribution in [1.82, 2.24) is 19.6 Å². The third-order valence-electron chi connectivity index (χ3n) is 4.42. The number of sulfonamides is 1. The maximum atomic E-state index is 12.6. The smallest absolute Gasteiger partial charge is 0.274 e. The zero-order chi connectivity index (χ0) is 19.4. The fraction of sp³-hybridized carbons (Fsp3) is 0.389. The molecular weight excluding hydrogens is 368 g/mol. The van der Waals surface area contributed by atoms with Crippen molar-refractivity contribution in [3.63, 3.8) is 0 Å². The summed E-state index contributed by atoms with van der Waals surface area (Å²) in [6.45, 7) is 2.63. The van der Waals surface area contributed by atoms with Crippen LogP contribution in [0.5, 0.6) is 0 Å². The highest BCUT2D eigenvalue weighted by Gasteiger charge is 2.24. The molecule has 0 saturated carbocycles. The standard InChI is InChI=1S/C18H22N4O4S/c1-13(23)4-6-21-27(25,26)16-3-2-14-5-9-22(12-15(14)10-16)18(24)17-11-19-7-8-20-17/h2-3,7-8,10-11,13,21,23H,4-6,9,12H2,1H3/t13-/m1/s1. The molecule has 0 unspecified atom stereocenters. The Morgan fingerprint density at radius 3 is 2.85 bits per heavy atom. The van der Waals surface area contributed by atoms with Crippen molar-refractivity contribution in [3.05, 3.63) is 53.6 Å². The van der Waals surface area contributed by atoms with Crippen LogP contribution in [0.3, 0.4) is 0 Å². The first-order chi connectivity index (χ1) is 12.9. The van der Waals surface area contributed by atoms with Crippen molar-refractivity contribution in [3.8, 4) is 0 Å². The molecule has 0 radical (unpaired) electrons. The predicted octanol–water partition coefficient (Wildman–Crippen LogP) is 0.724. The highest BCUT2D eigenvalue weighted by atomic mass is 32.2. The van der Waals surface area contributed by atoms with E-state index in [1.165, 1.54) is 18.6 Å². The lowest BCUT2D eigenvalue weighted by molar-refractivity contribution is 0.0728. The number of hydrogen-bond donors (Lipinski definition) is 2. The van der Waals surface area contributed by atoms with Gasteiger partial charge in [0.1, 0.15) is 5.69 Å². The number of carbonyl (C=O) groups excluding carboxylic acids is 1. The van der Waals surface area contributed by atoms with Gasteiger partial charge in [-0.15, -0.1) is 0 Å². The summed E-state index contributed by atoms with van der Waals surface area (Å²) in [5, 5.41) is 9.27. The molecule has 1 amide bonds. The average molecular weight is 390 g/mol. The van der Waals surface area contributed by atoms with E-state index < -0.39 is 16.1 Å². The lowest BCUT2D eigenvalue weighted by Gasteiger charge is -2.29. The molecule has 1 aromatic carbocycles. The Bertz CT molecular complexity index is 916. The molecule has 0 spiro atoms. The van der Waals surface area contributed by atoms with E-state index >= 15 is 0 Å². The van der Waals surface area contributed by atoms with Gasteiger partial charge in [0.05, 0.1) is 17.2 Å². The van der Waals surface area contributed by atoms with Crippen molar-refractivity contribution in [2.75, 3.05) is 13.1 Å². The van der Waals surface area contributed by atoms with E-state index in [4.69, 9.17) is 0 Å². The summed E-state index contributed by atoms with van der Waals surface area (Å²) in [6.07, 6.45) is 4.81. The first kappa shape index (κ1) is 19.4. The number of aromatic nitrogens is 2. The van der Waals surface area contributed by atoms with Crippen LogP contribution in [0.2, 0.25) is 0 Å². The van der Waals surface area contributed by atoms with E-state index in [0.717, 1.165) is 11.1 Å². The van der Waals surface area contributed by atoms with Crippen LogP contribution in [0.1, 0.15) is 35.0 Å². The molecule has 1 aliphatic heterocycles. The van der Waals surface area contributed by atoms with Crippen LogP contribution in [0.4, 0.5) is 0 Å². The topological polar surface area (TPSA) is 112 Å². The summed E-state index contributed by atoms with van der Waals surface area (Å²) < 4.78 is 27.4. The second-order valence-electron chi connectivity index (χ2n) is 6.53. The van der Waals surface area contributed by atoms with Gasteiger partial charge in [0, 0.05) is 32.0 Å². The van der Waals surface area contributed by atoms with Gasteiger partial charge in [0.15, 0.2) is 0 Å². The minimum absolute atomic E-state index is 0.153. The Kier molecular flexibility index (Phi) is 5.83. The van der Waals surface area contributed by atoms with Crippen molar-refractivity contribution in [2.24, 2.45) is 0 Å². The lowest BCUT2D eigenvalue weighted by Crippen LogP contribution is -2.36. The van der Waals surface area contributed by atoms with E-state index in [2.05, 4.69) is 14.7 Å². The molecule has 0 saturated heterocycles. The molecule has 2 N–H and O–H groups in total. The molecular formula is C18H22N4O4S. The molecule has 1 atom stereocenters. The van der Waals surface area contributed by atoms with E-state index in [9.17, 15) is 18.3 Å². The van der Waals surface area contributed by atoms with Gasteiger partial charge in [0.25, 0.3) is 5.91 Å². The number of fused-ring (bicyclic) bond motifs is 1. The summed E-state index contributed by atoms with van der Waals surface area (Å²) in [5.41, 5.74) is 2.10. The number of rotatable bonds is 6. The first-order valence-electron chi connectivity index (χ1n) is 8.71. The molecule has 0 fully saturated rings. The second kappa shape index (κ2) is 8.12. The molecule has 27 heavy (non-hydrogen) atoms. The third kappa shape index (κ3) is 4.68. The number of nitrogens with one attached hydrogen (secondary N) is 1. The molecule has 144 valence electrons. The summed E-state index contributed by atoms with van der Waals surface area (Å²) in [6, 6.07) is 4.97. The molecule has 1 aromatic heterocycles. The van der Waals surface area contributed by atoms with E-state index in [1.807, 2.05) is 0 Å². The second-order valence-corrected chi connectivity index (χ2v) is 8.30. The maximum Gasteiger partial charge on any atom is 0.274 e. The Labute approximate surface area is 158 Å². The van der Waals surface area contributed by atoms with Gasteiger partial charge in [0.2, 0.25) is 10.0 Å². The Balaban J connectivity index is 1.76. The van der Waals surface area contributed by atoms with Crippen LogP contribution < -0.4 is 4.72 Å². The zero-order valence-corrected chi connectivity index (χ0v) is 15.8. The highest BCUT2D eigenvalue weighted by molar-refractivity contribution is 7.89. The average Bonchev–Trinajstić information content (AvgIpc) is 2.66. The van der Waals surface area contributed by atoms with Crippen molar-refractivity contribution in [1.29, 1.82) is 0 Å². The zero-order valence-electron chi connectivity index (χ0n) is 15.0. The molecule has 1 aliphatic rings. The van der Waals surface area contributed by atoms with Crippen LogP contribution in [-0.4, -0.2) is 53.5 Å². The summed E-state index contributed by atoms with van der Waals surface area (Å²) in [4.78, 5) is 22.3. The number of amides is 1. The number of benzene rings is 1. The molecule has 3 rings (SSSR count). The number of carbonyl (C=O) groups is 1. The normalized spacial score (nSPS) is 15.3. The predicted molar refractivity (Wildman–Crippen MR) is 98.4 cm³/mol. The summed E-state index contributed by atoms with van der Waals surface area (Å²) in [5.74, 6) is -0.225. The van der Waals surface area contributed by atoms with E-state index in [1.54, 1.807) is 30.0 Å². The SMILES string of the molecule is C[C@@H](O)CCNS(=O)(=O)c1ccc2c(c1)CN(C(=O)c1cnccn1)CC2. The highest BCUT2D eigenvalue weighted by Crippen LogP contribution is 2.23. The summed E-state index contributed by atoms with van der Waals surface area (Å²) >= 11 is 0. The van der Waals surface area contributed by atoms with Gasteiger partial charge < -0.3 is 10.0 Å². The third-order valence-corrected chi connectivity index (χ3v) is 5.88. The molecule has 0 aliphatic carbocycles. The quantitative estimate of drug-likeness (QED) is 0.752. The van der Waals surface area contributed by atoms with E-state index in [0.29, 0.717) is 25.9 Å². The number of hydrogen-bond acceptors (Lipinski definition) is 6. The van der Waals surface area contributed by atoms with Crippen LogP contribution in [0, 0.1) is 0 Å². The van der Waals surface area contributed by atoms with Gasteiger partial charge in [-0.05, 0) is 43.0 Å². The van der Waals surface area contributed by atoms with Crippen molar-refractivity contribution in [2.45, 2.75) is 37.3 Å². The maximum absolute atomic E-state index is 12.6. The number of aliphatic hydroxyl groups is 1. The first-order valence-corrected chi connectivity index (χ1v) is 10.2. The molecule has 2 aromatic rings. The fourth-order valence-corrected chi connectivity index (χ4v) is 4.03. The van der Waals surface area contributed by atoms with Crippen LogP contribution >= 0.6 is 0 Å². The van der Waals surface area contributed by atoms with Gasteiger partial charge in [-0.25, -0.2) is 18.1 Å². The largest absolute Gasteiger partial charge is 0.393 e. The Morgan fingerprint density at radius 1 is 1.33 bits per heavy atom. The Morgan fingerprint density at radius 2 is 2.15 bits per heavy atom. The van der Waals surface area contributed by atoms with Gasteiger partial charge in [-0.2, -0.15) is 0 Å². The molecule has 9 heteroatoms. The van der Waals surface area contributed by atoms with Crippen LogP contribution in [0.15, 0.2) is 41.7 Å². The Hall–Kier alpha value is -2.36.